The topological polar surface area (TPSA) is 111 Å². The van der Waals surface area contributed by atoms with Gasteiger partial charge in [-0.1, -0.05) is 6.07 Å². The van der Waals surface area contributed by atoms with Crippen molar-refractivity contribution < 1.29 is 19.0 Å². The van der Waals surface area contributed by atoms with E-state index in [1.165, 1.54) is 12.4 Å². The van der Waals surface area contributed by atoms with Gasteiger partial charge in [0.15, 0.2) is 11.6 Å². The molecule has 9 nitrogen and oxygen atoms in total. The molecule has 0 spiro atoms. The lowest BCUT2D eigenvalue weighted by Gasteiger charge is -2.25. The lowest BCUT2D eigenvalue weighted by atomic mass is 10.1. The maximum absolute atomic E-state index is 15.3. The lowest BCUT2D eigenvalue weighted by molar-refractivity contribution is 0.162. The van der Waals surface area contributed by atoms with Crippen LogP contribution in [0.25, 0.3) is 5.69 Å². The number of aliphatic hydroxyl groups excluding tert-OH is 2. The highest BCUT2D eigenvalue weighted by molar-refractivity contribution is 5.53. The number of hydrogen-bond acceptors (Lipinski definition) is 8. The van der Waals surface area contributed by atoms with Gasteiger partial charge in [0.05, 0.1) is 18.4 Å². The number of rotatable bonds is 13. The number of hydrogen-bond donors (Lipinski definition) is 4. The molecule has 0 amide bonds. The molecule has 3 aromatic rings. The summed E-state index contributed by atoms with van der Waals surface area (Å²) in [6.45, 7) is 1.22. The smallest absolute Gasteiger partial charge is 0.207 e. The van der Waals surface area contributed by atoms with Crippen molar-refractivity contribution in [2.75, 3.05) is 36.5 Å². The van der Waals surface area contributed by atoms with Gasteiger partial charge < -0.3 is 25.7 Å². The molecular formula is C23H29F2N7O2. The molecule has 0 saturated heterocycles. The van der Waals surface area contributed by atoms with Gasteiger partial charge in [-0.25, -0.2) is 19.0 Å². The molecule has 0 unspecified atom stereocenters. The average molecular weight is 474 g/mol. The Kier molecular flexibility index (Phi) is 7.99. The second kappa shape index (κ2) is 11.3. The minimum Gasteiger partial charge on any atom is -0.395 e. The Labute approximate surface area is 196 Å². The van der Waals surface area contributed by atoms with Crippen molar-refractivity contribution in [3.8, 4) is 5.69 Å². The van der Waals surface area contributed by atoms with Gasteiger partial charge in [-0.2, -0.15) is 9.49 Å². The summed E-state index contributed by atoms with van der Waals surface area (Å²) in [6, 6.07) is 6.73. The van der Waals surface area contributed by atoms with E-state index < -0.39 is 17.7 Å². The fourth-order valence-electron chi connectivity index (χ4n) is 3.67. The van der Waals surface area contributed by atoms with Crippen LogP contribution in [0.1, 0.15) is 24.8 Å². The number of aromatic nitrogens is 4. The van der Waals surface area contributed by atoms with E-state index in [0.29, 0.717) is 37.3 Å². The van der Waals surface area contributed by atoms with E-state index >= 15 is 4.39 Å². The molecule has 4 N–H and O–H groups in total. The van der Waals surface area contributed by atoms with Gasteiger partial charge in [-0.3, -0.25) is 0 Å². The second-order valence-corrected chi connectivity index (χ2v) is 8.24. The quantitative estimate of drug-likeness (QED) is 0.279. The first kappa shape index (κ1) is 24.0. The molecule has 1 aliphatic carbocycles. The Morgan fingerprint density at radius 2 is 2.06 bits per heavy atom. The molecule has 2 aromatic heterocycles. The van der Waals surface area contributed by atoms with E-state index in [2.05, 4.69) is 25.7 Å². The van der Waals surface area contributed by atoms with Gasteiger partial charge in [-0.05, 0) is 37.5 Å². The largest absolute Gasteiger partial charge is 0.395 e. The van der Waals surface area contributed by atoms with Crippen molar-refractivity contribution in [1.82, 2.24) is 25.1 Å². The SMILES string of the molecule is OCCNC[C@H](O)CCNc1ncnc(N(Cc2ccc(-n3cccn3)cc2F)C2CC2)c1F. The van der Waals surface area contributed by atoms with Crippen LogP contribution in [-0.4, -0.2) is 68.3 Å². The van der Waals surface area contributed by atoms with Gasteiger partial charge >= 0.3 is 0 Å². The highest BCUT2D eigenvalue weighted by atomic mass is 19.1. The van der Waals surface area contributed by atoms with Crippen LogP contribution < -0.4 is 15.5 Å². The van der Waals surface area contributed by atoms with Crippen LogP contribution in [0.15, 0.2) is 43.0 Å². The molecule has 1 aromatic carbocycles. The summed E-state index contributed by atoms with van der Waals surface area (Å²) in [5, 5.41) is 28.7. The van der Waals surface area contributed by atoms with Gasteiger partial charge in [-0.15, -0.1) is 0 Å². The number of halogens is 2. The van der Waals surface area contributed by atoms with E-state index in [9.17, 15) is 9.50 Å². The van der Waals surface area contributed by atoms with E-state index in [0.717, 1.165) is 12.8 Å². The fourth-order valence-corrected chi connectivity index (χ4v) is 3.67. The standard InChI is InChI=1S/C23H29F2N7O2/c24-20-12-18(32-10-1-7-30-32)3-2-16(20)14-31(17-4-5-17)23-21(25)22(28-15-29-23)27-8-6-19(34)13-26-9-11-33/h1-3,7,10,12,15,17,19,26,33-34H,4-6,8-9,11,13-14H2,(H,27,28,29)/t19-/m1/s1. The third-order valence-corrected chi connectivity index (χ3v) is 5.62. The molecule has 0 aliphatic heterocycles. The van der Waals surface area contributed by atoms with Crippen molar-refractivity contribution >= 4 is 11.6 Å². The molecule has 0 radical (unpaired) electrons. The predicted molar refractivity (Wildman–Crippen MR) is 124 cm³/mol. The summed E-state index contributed by atoms with van der Waals surface area (Å²) in [5.74, 6) is -0.826. The zero-order chi connectivity index (χ0) is 23.9. The second-order valence-electron chi connectivity index (χ2n) is 8.24. The highest BCUT2D eigenvalue weighted by Gasteiger charge is 2.33. The average Bonchev–Trinajstić information content (AvgIpc) is 3.52. The molecule has 1 aliphatic rings. The summed E-state index contributed by atoms with van der Waals surface area (Å²) in [7, 11) is 0. The number of benzene rings is 1. The van der Waals surface area contributed by atoms with Crippen molar-refractivity contribution in [2.24, 2.45) is 0 Å². The Hall–Kier alpha value is -3.15. The molecule has 1 atom stereocenters. The number of nitrogens with zero attached hydrogens (tertiary/aromatic N) is 5. The minimum absolute atomic E-state index is 0.00420. The van der Waals surface area contributed by atoms with Gasteiger partial charge in [0.2, 0.25) is 5.82 Å². The highest BCUT2D eigenvalue weighted by Crippen LogP contribution is 2.35. The zero-order valence-electron chi connectivity index (χ0n) is 18.7. The molecule has 34 heavy (non-hydrogen) atoms. The van der Waals surface area contributed by atoms with Crippen LogP contribution in [0.3, 0.4) is 0 Å². The molecule has 2 heterocycles. The van der Waals surface area contributed by atoms with Gasteiger partial charge in [0, 0.05) is 50.2 Å². The van der Waals surface area contributed by atoms with E-state index in [-0.39, 0.29) is 30.8 Å². The van der Waals surface area contributed by atoms with Crippen molar-refractivity contribution in [1.29, 1.82) is 0 Å². The van der Waals surface area contributed by atoms with Crippen LogP contribution in [0, 0.1) is 11.6 Å². The molecule has 11 heteroatoms. The molecule has 182 valence electrons. The summed E-state index contributed by atoms with van der Waals surface area (Å²) < 4.78 is 31.8. The van der Waals surface area contributed by atoms with E-state index in [1.54, 1.807) is 40.2 Å². The number of aliphatic hydroxyl groups is 2. The first-order valence-electron chi connectivity index (χ1n) is 11.4. The summed E-state index contributed by atoms with van der Waals surface area (Å²) in [5.41, 5.74) is 1.05. The van der Waals surface area contributed by atoms with Crippen LogP contribution in [0.4, 0.5) is 20.4 Å². The van der Waals surface area contributed by atoms with Crippen LogP contribution in [-0.2, 0) is 6.54 Å². The Balaban J connectivity index is 1.43. The van der Waals surface area contributed by atoms with Crippen LogP contribution in [0.2, 0.25) is 0 Å². The third-order valence-electron chi connectivity index (χ3n) is 5.62. The van der Waals surface area contributed by atoms with Crippen molar-refractivity contribution in [3.63, 3.8) is 0 Å². The third kappa shape index (κ3) is 6.04. The maximum Gasteiger partial charge on any atom is 0.207 e. The monoisotopic (exact) mass is 473 g/mol. The Morgan fingerprint density at radius 3 is 2.76 bits per heavy atom. The van der Waals surface area contributed by atoms with Crippen molar-refractivity contribution in [3.05, 3.63) is 60.2 Å². The lowest BCUT2D eigenvalue weighted by Crippen LogP contribution is -2.30. The Bertz CT molecular complexity index is 1060. The molecule has 1 saturated carbocycles. The Morgan fingerprint density at radius 1 is 1.21 bits per heavy atom. The van der Waals surface area contributed by atoms with Gasteiger partial charge in [0.25, 0.3) is 0 Å². The van der Waals surface area contributed by atoms with E-state index in [4.69, 9.17) is 5.11 Å². The number of nitrogens with one attached hydrogen (secondary N) is 2. The first-order valence-corrected chi connectivity index (χ1v) is 11.4. The maximum atomic E-state index is 15.3. The normalized spacial score (nSPS) is 14.2. The minimum atomic E-state index is -0.640. The molecule has 1 fully saturated rings. The molecule has 4 rings (SSSR count). The predicted octanol–water partition coefficient (Wildman–Crippen LogP) is 1.85. The molecular weight excluding hydrogens is 444 g/mol. The summed E-state index contributed by atoms with van der Waals surface area (Å²) in [6.07, 6.45) is 6.14. The van der Waals surface area contributed by atoms with Crippen LogP contribution >= 0.6 is 0 Å². The summed E-state index contributed by atoms with van der Waals surface area (Å²) >= 11 is 0. The van der Waals surface area contributed by atoms with Crippen molar-refractivity contribution in [2.45, 2.75) is 38.0 Å². The first-order chi connectivity index (χ1) is 16.6. The fraction of sp³-hybridized carbons (Fsp3) is 0.435. The van der Waals surface area contributed by atoms with Crippen LogP contribution in [0.5, 0.6) is 0 Å². The number of anilines is 2. The van der Waals surface area contributed by atoms with E-state index in [1.807, 2.05) is 0 Å². The van der Waals surface area contributed by atoms with Gasteiger partial charge in [0.1, 0.15) is 12.1 Å². The zero-order valence-corrected chi connectivity index (χ0v) is 18.7. The summed E-state index contributed by atoms with van der Waals surface area (Å²) in [4.78, 5) is 9.94. The molecule has 0 bridgehead atoms.